The summed E-state index contributed by atoms with van der Waals surface area (Å²) in [6, 6.07) is 12.2. The SMILES string of the molecule is CC(C)(C)OC(=O)CC[C@H](NC(=O)c1ccc(NC(=O)[C@H](COCC(O)CO)NC(=O)OCc2ccccc2)cc1)C(=O)OC(C)(C)C. The summed E-state index contributed by atoms with van der Waals surface area (Å²) in [5, 5.41) is 26.2. The van der Waals surface area contributed by atoms with Crippen LogP contribution >= 0.6 is 0 Å². The third-order valence-electron chi connectivity index (χ3n) is 6.10. The van der Waals surface area contributed by atoms with E-state index in [4.69, 9.17) is 24.1 Å². The Morgan fingerprint density at radius 2 is 1.42 bits per heavy atom. The van der Waals surface area contributed by atoms with Crippen LogP contribution in [-0.2, 0) is 39.9 Å². The van der Waals surface area contributed by atoms with Crippen molar-refractivity contribution < 1.29 is 53.1 Å². The molecule has 14 heteroatoms. The fraction of sp³-hybridized carbons (Fsp3) is 0.500. The monoisotopic (exact) mass is 673 g/mol. The predicted octanol–water partition coefficient (Wildman–Crippen LogP) is 2.85. The number of esters is 2. The van der Waals surface area contributed by atoms with Crippen LogP contribution in [0.2, 0.25) is 0 Å². The molecule has 0 saturated heterocycles. The molecule has 5 N–H and O–H groups in total. The Hall–Kier alpha value is -4.53. The van der Waals surface area contributed by atoms with Crippen molar-refractivity contribution in [1.29, 1.82) is 0 Å². The van der Waals surface area contributed by atoms with Crippen molar-refractivity contribution in [1.82, 2.24) is 10.6 Å². The third-order valence-corrected chi connectivity index (χ3v) is 6.10. The number of rotatable bonds is 16. The van der Waals surface area contributed by atoms with Gasteiger partial charge in [-0.1, -0.05) is 30.3 Å². The molecule has 0 fully saturated rings. The molecule has 264 valence electrons. The largest absolute Gasteiger partial charge is 0.460 e. The predicted molar refractivity (Wildman–Crippen MR) is 175 cm³/mol. The number of aliphatic hydroxyl groups excluding tert-OH is 2. The van der Waals surface area contributed by atoms with E-state index in [2.05, 4.69) is 16.0 Å². The van der Waals surface area contributed by atoms with E-state index in [1.54, 1.807) is 65.8 Å². The van der Waals surface area contributed by atoms with Crippen LogP contribution in [0.3, 0.4) is 0 Å². The maximum atomic E-state index is 13.1. The van der Waals surface area contributed by atoms with E-state index in [9.17, 15) is 29.1 Å². The molecule has 0 aliphatic heterocycles. The molecule has 0 aliphatic carbocycles. The molecule has 3 atom stereocenters. The molecule has 2 aromatic rings. The summed E-state index contributed by atoms with van der Waals surface area (Å²) in [5.74, 6) is -2.55. The first-order valence-corrected chi connectivity index (χ1v) is 15.5. The van der Waals surface area contributed by atoms with Gasteiger partial charge >= 0.3 is 18.0 Å². The molecule has 2 aromatic carbocycles. The maximum absolute atomic E-state index is 13.1. The molecule has 2 rings (SSSR count). The zero-order valence-corrected chi connectivity index (χ0v) is 28.2. The van der Waals surface area contributed by atoms with Crippen molar-refractivity contribution in [2.75, 3.05) is 25.1 Å². The first-order valence-electron chi connectivity index (χ1n) is 15.5. The van der Waals surface area contributed by atoms with Crippen molar-refractivity contribution in [2.24, 2.45) is 0 Å². The summed E-state index contributed by atoms with van der Waals surface area (Å²) in [6.07, 6.45) is -2.25. The summed E-state index contributed by atoms with van der Waals surface area (Å²) in [6.45, 7) is 9.00. The number of anilines is 1. The van der Waals surface area contributed by atoms with Crippen LogP contribution in [0.15, 0.2) is 54.6 Å². The van der Waals surface area contributed by atoms with E-state index in [-0.39, 0.29) is 43.9 Å². The Morgan fingerprint density at radius 3 is 2.00 bits per heavy atom. The van der Waals surface area contributed by atoms with Crippen molar-refractivity contribution in [2.45, 2.75) is 90.4 Å². The van der Waals surface area contributed by atoms with Crippen LogP contribution in [0.25, 0.3) is 0 Å². The third kappa shape index (κ3) is 15.8. The molecule has 0 heterocycles. The number of alkyl carbamates (subject to hydrolysis) is 1. The van der Waals surface area contributed by atoms with Gasteiger partial charge in [-0.15, -0.1) is 0 Å². The molecule has 0 aromatic heterocycles. The molecule has 0 bridgehead atoms. The fourth-order valence-corrected chi connectivity index (χ4v) is 3.92. The number of amides is 3. The highest BCUT2D eigenvalue weighted by Crippen LogP contribution is 2.15. The quantitative estimate of drug-likeness (QED) is 0.130. The molecule has 48 heavy (non-hydrogen) atoms. The van der Waals surface area contributed by atoms with Crippen LogP contribution in [0.1, 0.15) is 70.3 Å². The second kappa shape index (κ2) is 18.7. The molecule has 1 unspecified atom stereocenters. The number of carbonyl (C=O) groups excluding carboxylic acids is 5. The van der Waals surface area contributed by atoms with Crippen LogP contribution in [0, 0.1) is 0 Å². The first kappa shape index (κ1) is 39.6. The van der Waals surface area contributed by atoms with E-state index in [0.717, 1.165) is 5.56 Å². The first-order chi connectivity index (χ1) is 22.5. The molecule has 0 saturated carbocycles. The lowest BCUT2D eigenvalue weighted by Gasteiger charge is -2.25. The van der Waals surface area contributed by atoms with Crippen molar-refractivity contribution in [3.63, 3.8) is 0 Å². The summed E-state index contributed by atoms with van der Waals surface area (Å²) < 4.78 is 21.3. The number of ether oxygens (including phenoxy) is 4. The van der Waals surface area contributed by atoms with Crippen molar-refractivity contribution in [3.05, 3.63) is 65.7 Å². The van der Waals surface area contributed by atoms with Gasteiger partial charge < -0.3 is 45.1 Å². The molecule has 3 amide bonds. The van der Waals surface area contributed by atoms with Gasteiger partial charge in [-0.05, 0) is 77.8 Å². The zero-order chi connectivity index (χ0) is 35.9. The molecule has 14 nitrogen and oxygen atoms in total. The number of hydrogen-bond acceptors (Lipinski definition) is 11. The highest BCUT2D eigenvalue weighted by atomic mass is 16.6. The molecule has 0 spiro atoms. The van der Waals surface area contributed by atoms with Crippen LogP contribution in [0.4, 0.5) is 10.5 Å². The minimum Gasteiger partial charge on any atom is -0.460 e. The summed E-state index contributed by atoms with van der Waals surface area (Å²) in [4.78, 5) is 63.8. The Morgan fingerprint density at radius 1 is 0.792 bits per heavy atom. The fourth-order valence-electron chi connectivity index (χ4n) is 3.92. The van der Waals surface area contributed by atoms with Crippen molar-refractivity contribution in [3.8, 4) is 0 Å². The Kier molecular flexibility index (Phi) is 15.5. The minimum atomic E-state index is -1.25. The van der Waals surface area contributed by atoms with E-state index in [1.165, 1.54) is 24.3 Å². The van der Waals surface area contributed by atoms with Gasteiger partial charge in [-0.3, -0.25) is 14.4 Å². The highest BCUT2D eigenvalue weighted by Gasteiger charge is 2.29. The van der Waals surface area contributed by atoms with Crippen molar-refractivity contribution >= 4 is 35.5 Å². The van der Waals surface area contributed by atoms with Crippen LogP contribution in [0.5, 0.6) is 0 Å². The lowest BCUT2D eigenvalue weighted by atomic mass is 10.1. The standard InChI is InChI=1S/C34H47N3O11/c1-33(2,3)47-28(40)17-16-26(31(43)48-34(4,5)6)36-29(41)23-12-14-24(15-13-23)35-30(42)27(21-45-20-25(39)18-38)37-32(44)46-19-22-10-8-7-9-11-22/h7-15,25-27,38-39H,16-21H2,1-6H3,(H,35,42)(H,36,41)(H,37,44)/t25?,26-,27-/m0/s1. The zero-order valence-electron chi connectivity index (χ0n) is 28.2. The molecular formula is C34H47N3O11. The van der Waals surface area contributed by atoms with E-state index in [1.807, 2.05) is 6.07 Å². The Balaban J connectivity index is 2.08. The van der Waals surface area contributed by atoms with Gasteiger partial charge in [-0.2, -0.15) is 0 Å². The van der Waals surface area contributed by atoms with Gasteiger partial charge in [0.2, 0.25) is 5.91 Å². The Bertz CT molecular complexity index is 1350. The van der Waals surface area contributed by atoms with Gasteiger partial charge in [0.25, 0.3) is 5.91 Å². The summed E-state index contributed by atoms with van der Waals surface area (Å²) in [5.41, 5.74) is -0.387. The maximum Gasteiger partial charge on any atom is 0.408 e. The average molecular weight is 674 g/mol. The smallest absolute Gasteiger partial charge is 0.408 e. The van der Waals surface area contributed by atoms with Gasteiger partial charge in [0, 0.05) is 17.7 Å². The number of carbonyl (C=O) groups is 5. The minimum absolute atomic E-state index is 0.0373. The van der Waals surface area contributed by atoms with E-state index in [0.29, 0.717) is 0 Å². The number of nitrogens with one attached hydrogen (secondary N) is 3. The summed E-state index contributed by atoms with van der Waals surface area (Å²) >= 11 is 0. The topological polar surface area (TPSA) is 199 Å². The average Bonchev–Trinajstić information content (AvgIpc) is 3.00. The second-order valence-corrected chi connectivity index (χ2v) is 12.9. The molecular weight excluding hydrogens is 626 g/mol. The number of aliphatic hydroxyl groups is 2. The Labute approximate surface area is 280 Å². The van der Waals surface area contributed by atoms with Gasteiger partial charge in [0.15, 0.2) is 0 Å². The van der Waals surface area contributed by atoms with Crippen LogP contribution < -0.4 is 16.0 Å². The number of benzene rings is 2. The van der Waals surface area contributed by atoms with Crippen LogP contribution in [-0.4, -0.2) is 89.3 Å². The lowest BCUT2D eigenvalue weighted by Crippen LogP contribution is -2.47. The number of hydrogen-bond donors (Lipinski definition) is 5. The highest BCUT2D eigenvalue weighted by molar-refractivity contribution is 5.99. The van der Waals surface area contributed by atoms with Gasteiger partial charge in [0.1, 0.15) is 36.0 Å². The van der Waals surface area contributed by atoms with E-state index < -0.39 is 65.8 Å². The molecule has 0 aliphatic rings. The second-order valence-electron chi connectivity index (χ2n) is 12.9. The van der Waals surface area contributed by atoms with Gasteiger partial charge in [-0.25, -0.2) is 9.59 Å². The van der Waals surface area contributed by atoms with Gasteiger partial charge in [0.05, 0.1) is 19.8 Å². The lowest BCUT2D eigenvalue weighted by molar-refractivity contribution is -0.158. The summed E-state index contributed by atoms with van der Waals surface area (Å²) in [7, 11) is 0. The van der Waals surface area contributed by atoms with E-state index >= 15 is 0 Å². The normalized spacial score (nSPS) is 13.3. The molecule has 0 radical (unpaired) electrons.